The van der Waals surface area contributed by atoms with Gasteiger partial charge in [0.2, 0.25) is 5.91 Å². The Hall–Kier alpha value is -2.09. The predicted molar refractivity (Wildman–Crippen MR) is 124 cm³/mol. The topological polar surface area (TPSA) is 59.8 Å². The number of rotatable bonds is 7. The molecule has 7 nitrogen and oxygen atoms in total. The number of amides is 1. The summed E-state index contributed by atoms with van der Waals surface area (Å²) in [6.07, 6.45) is 5.74. The molecule has 0 N–H and O–H groups in total. The van der Waals surface area contributed by atoms with E-state index in [9.17, 15) is 4.79 Å². The molecular formula is C24H33ClN4O3. The van der Waals surface area contributed by atoms with Crippen molar-refractivity contribution in [3.63, 3.8) is 0 Å². The molecule has 2 fully saturated rings. The minimum atomic E-state index is -0.692. The van der Waals surface area contributed by atoms with Crippen LogP contribution in [0, 0.1) is 6.92 Å². The smallest absolute Gasteiger partial charge is 0.225 e. The zero-order chi connectivity index (χ0) is 22.6. The molecule has 8 heteroatoms. The number of hydrogen-bond acceptors (Lipinski definition) is 5. The van der Waals surface area contributed by atoms with E-state index in [1.807, 2.05) is 47.8 Å². The lowest BCUT2D eigenvalue weighted by molar-refractivity contribution is -0.157. The van der Waals surface area contributed by atoms with Crippen molar-refractivity contribution in [2.75, 3.05) is 39.4 Å². The van der Waals surface area contributed by atoms with Crippen LogP contribution in [-0.4, -0.2) is 70.5 Å². The number of carbonyl (C=O) groups excluding carboxylic acids is 1. The number of ether oxygens (including phenoxy) is 2. The molecule has 2 aliphatic rings. The van der Waals surface area contributed by atoms with Gasteiger partial charge in [-0.1, -0.05) is 11.6 Å². The fraction of sp³-hybridized carbons (Fsp3) is 0.583. The van der Waals surface area contributed by atoms with Gasteiger partial charge in [-0.2, -0.15) is 5.10 Å². The Morgan fingerprint density at radius 1 is 1.19 bits per heavy atom. The molecule has 2 aliphatic heterocycles. The second-order valence-electron chi connectivity index (χ2n) is 9.02. The number of piperidine rings is 1. The Balaban J connectivity index is 1.49. The SMILES string of the molecule is Cc1nn(C)cc1CN1CCO[C@](COc2ccc(Cl)cc2)(CC(=O)N2CCCCC2)C1. The number of likely N-dealkylation sites (tertiary alicyclic amines) is 1. The third-order valence-corrected chi connectivity index (χ3v) is 6.59. The first-order chi connectivity index (χ1) is 15.4. The van der Waals surface area contributed by atoms with Crippen molar-refractivity contribution >= 4 is 17.5 Å². The highest BCUT2D eigenvalue weighted by Crippen LogP contribution is 2.28. The Morgan fingerprint density at radius 3 is 2.62 bits per heavy atom. The molecule has 1 aromatic carbocycles. The fourth-order valence-electron chi connectivity index (χ4n) is 4.62. The number of morpholine rings is 1. The summed E-state index contributed by atoms with van der Waals surface area (Å²) >= 11 is 6.01. The molecule has 0 bridgehead atoms. The highest BCUT2D eigenvalue weighted by atomic mass is 35.5. The van der Waals surface area contributed by atoms with Crippen LogP contribution in [0.1, 0.15) is 36.9 Å². The molecule has 4 rings (SSSR count). The van der Waals surface area contributed by atoms with Crippen LogP contribution in [0.2, 0.25) is 5.02 Å². The summed E-state index contributed by atoms with van der Waals surface area (Å²) in [6.45, 7) is 6.82. The summed E-state index contributed by atoms with van der Waals surface area (Å²) < 4.78 is 14.3. The molecule has 0 radical (unpaired) electrons. The predicted octanol–water partition coefficient (Wildman–Crippen LogP) is 3.43. The Bertz CT molecular complexity index is 910. The average molecular weight is 461 g/mol. The van der Waals surface area contributed by atoms with Crippen LogP contribution in [0.4, 0.5) is 0 Å². The second-order valence-corrected chi connectivity index (χ2v) is 9.45. The summed E-state index contributed by atoms with van der Waals surface area (Å²) in [7, 11) is 1.94. The van der Waals surface area contributed by atoms with Gasteiger partial charge in [0.15, 0.2) is 0 Å². The number of nitrogens with zero attached hydrogens (tertiary/aromatic N) is 4. The van der Waals surface area contributed by atoms with Crippen LogP contribution < -0.4 is 4.74 Å². The van der Waals surface area contributed by atoms with Gasteiger partial charge in [-0.25, -0.2) is 0 Å². The maximum atomic E-state index is 13.2. The van der Waals surface area contributed by atoms with Gasteiger partial charge >= 0.3 is 0 Å². The first-order valence-corrected chi connectivity index (χ1v) is 11.8. The minimum Gasteiger partial charge on any atom is -0.491 e. The zero-order valence-corrected chi connectivity index (χ0v) is 19.8. The number of aromatic nitrogens is 2. The summed E-state index contributed by atoms with van der Waals surface area (Å²) in [5.74, 6) is 0.881. The van der Waals surface area contributed by atoms with Gasteiger partial charge in [0.1, 0.15) is 18.0 Å². The van der Waals surface area contributed by atoms with Crippen LogP contribution in [0.25, 0.3) is 0 Å². The lowest BCUT2D eigenvalue weighted by Crippen LogP contribution is -2.57. The molecule has 1 atom stereocenters. The van der Waals surface area contributed by atoms with Crippen LogP contribution in [-0.2, 0) is 23.1 Å². The van der Waals surface area contributed by atoms with Gasteiger partial charge in [-0.3, -0.25) is 14.4 Å². The Morgan fingerprint density at radius 2 is 1.94 bits per heavy atom. The van der Waals surface area contributed by atoms with Crippen molar-refractivity contribution < 1.29 is 14.3 Å². The molecule has 3 heterocycles. The highest BCUT2D eigenvalue weighted by Gasteiger charge is 2.41. The van der Waals surface area contributed by atoms with Crippen LogP contribution >= 0.6 is 11.6 Å². The summed E-state index contributed by atoms with van der Waals surface area (Å²) in [6, 6.07) is 7.31. The van der Waals surface area contributed by atoms with Gasteiger partial charge in [0.25, 0.3) is 0 Å². The number of hydrogen-bond donors (Lipinski definition) is 0. The van der Waals surface area contributed by atoms with Crippen molar-refractivity contribution in [1.29, 1.82) is 0 Å². The third kappa shape index (κ3) is 5.82. The van der Waals surface area contributed by atoms with Gasteiger partial charge in [0, 0.05) is 56.6 Å². The molecular weight excluding hydrogens is 428 g/mol. The number of carbonyl (C=O) groups is 1. The fourth-order valence-corrected chi connectivity index (χ4v) is 4.75. The quantitative estimate of drug-likeness (QED) is 0.633. The van der Waals surface area contributed by atoms with Crippen LogP contribution in [0.15, 0.2) is 30.5 Å². The molecule has 0 saturated carbocycles. The lowest BCUT2D eigenvalue weighted by Gasteiger charge is -2.43. The highest BCUT2D eigenvalue weighted by molar-refractivity contribution is 6.30. The van der Waals surface area contributed by atoms with E-state index in [1.165, 1.54) is 12.0 Å². The van der Waals surface area contributed by atoms with E-state index < -0.39 is 5.60 Å². The van der Waals surface area contributed by atoms with Gasteiger partial charge in [0.05, 0.1) is 18.7 Å². The molecule has 2 aromatic rings. The molecule has 1 amide bonds. The number of benzene rings is 1. The number of aryl methyl sites for hydroxylation is 2. The Kier molecular flexibility index (Phi) is 7.38. The molecule has 32 heavy (non-hydrogen) atoms. The van der Waals surface area contributed by atoms with Crippen molar-refractivity contribution in [3.05, 3.63) is 46.7 Å². The van der Waals surface area contributed by atoms with Crippen molar-refractivity contribution in [2.24, 2.45) is 7.05 Å². The van der Waals surface area contributed by atoms with Crippen LogP contribution in [0.3, 0.4) is 0 Å². The standard InChI is InChI=1S/C24H33ClN4O3/c1-19-20(15-27(2)26-19)16-28-12-13-32-24(17-28,14-23(30)29-10-4-3-5-11-29)18-31-22-8-6-21(25)7-9-22/h6-9,15H,3-5,10-14,16-18H2,1-2H3/t24-/m1/s1. The van der Waals surface area contributed by atoms with Gasteiger partial charge in [-0.05, 0) is 50.5 Å². The zero-order valence-electron chi connectivity index (χ0n) is 19.1. The van der Waals surface area contributed by atoms with Crippen LogP contribution in [0.5, 0.6) is 5.75 Å². The normalized spacial score (nSPS) is 22.2. The number of halogens is 1. The monoisotopic (exact) mass is 460 g/mol. The molecule has 174 valence electrons. The summed E-state index contributed by atoms with van der Waals surface area (Å²) in [5.41, 5.74) is 1.54. The van der Waals surface area contributed by atoms with E-state index in [0.29, 0.717) is 31.2 Å². The maximum Gasteiger partial charge on any atom is 0.225 e. The van der Waals surface area contributed by atoms with Gasteiger partial charge in [-0.15, -0.1) is 0 Å². The van der Waals surface area contributed by atoms with Crippen molar-refractivity contribution in [1.82, 2.24) is 19.6 Å². The maximum absolute atomic E-state index is 13.2. The van der Waals surface area contributed by atoms with E-state index >= 15 is 0 Å². The molecule has 0 spiro atoms. The van der Waals surface area contributed by atoms with E-state index in [1.54, 1.807) is 0 Å². The second kappa shape index (κ2) is 10.2. The third-order valence-electron chi connectivity index (χ3n) is 6.33. The van der Waals surface area contributed by atoms with E-state index in [0.717, 1.165) is 50.5 Å². The average Bonchev–Trinajstić information content (AvgIpc) is 3.10. The molecule has 0 aliphatic carbocycles. The summed E-state index contributed by atoms with van der Waals surface area (Å²) in [4.78, 5) is 17.5. The first-order valence-electron chi connectivity index (χ1n) is 11.4. The van der Waals surface area contributed by atoms with E-state index in [4.69, 9.17) is 21.1 Å². The lowest BCUT2D eigenvalue weighted by atomic mass is 9.96. The molecule has 2 saturated heterocycles. The van der Waals surface area contributed by atoms with Crippen molar-refractivity contribution in [3.8, 4) is 5.75 Å². The molecule has 0 unspecified atom stereocenters. The Labute approximate surface area is 195 Å². The first kappa shape index (κ1) is 23.1. The summed E-state index contributed by atoms with van der Waals surface area (Å²) in [5, 5.41) is 5.13. The van der Waals surface area contributed by atoms with Crippen molar-refractivity contribution in [2.45, 2.75) is 44.8 Å². The van der Waals surface area contributed by atoms with E-state index in [-0.39, 0.29) is 5.91 Å². The largest absolute Gasteiger partial charge is 0.491 e. The molecule has 1 aromatic heterocycles. The van der Waals surface area contributed by atoms with E-state index in [2.05, 4.69) is 16.2 Å². The van der Waals surface area contributed by atoms with Gasteiger partial charge < -0.3 is 14.4 Å². The minimum absolute atomic E-state index is 0.156.